The molecule has 0 spiro atoms. The summed E-state index contributed by atoms with van der Waals surface area (Å²) >= 11 is 0. The highest BCUT2D eigenvalue weighted by molar-refractivity contribution is 5.95. The van der Waals surface area contributed by atoms with Crippen LogP contribution in [-0.4, -0.2) is 47.9 Å². The van der Waals surface area contributed by atoms with Crippen LogP contribution in [0, 0.1) is 12.8 Å². The van der Waals surface area contributed by atoms with E-state index in [1.807, 2.05) is 62.4 Å². The van der Waals surface area contributed by atoms with Gasteiger partial charge in [-0.1, -0.05) is 37.3 Å². The van der Waals surface area contributed by atoms with E-state index < -0.39 is 0 Å². The van der Waals surface area contributed by atoms with Gasteiger partial charge in [0.05, 0.1) is 6.54 Å². The number of fused-ring (bicyclic) bond motifs is 1. The van der Waals surface area contributed by atoms with Crippen LogP contribution >= 0.6 is 0 Å². The molecule has 1 aliphatic heterocycles. The number of carbonyl (C=O) groups excluding carboxylic acids is 2. The first-order chi connectivity index (χ1) is 15.5. The Bertz CT molecular complexity index is 1050. The minimum atomic E-state index is -0.162. The van der Waals surface area contributed by atoms with Gasteiger partial charge < -0.3 is 19.5 Å². The van der Waals surface area contributed by atoms with Crippen molar-refractivity contribution < 1.29 is 14.0 Å². The van der Waals surface area contributed by atoms with Crippen LogP contribution in [0.4, 0.5) is 11.7 Å². The third-order valence-electron chi connectivity index (χ3n) is 5.96. The molecule has 168 valence electrons. The standard InChI is InChI=1S/C25H30N4O3/c1-3-14-29(17-23(30)26-20-9-5-4-8-18(20)2)24(31)19-12-15-28(16-13-19)25-27-21-10-6-7-11-22(21)32-25/h4-11,19H,3,12-17H2,1-2H3,(H,26,30). The van der Waals surface area contributed by atoms with Crippen molar-refractivity contribution in [3.63, 3.8) is 0 Å². The zero-order chi connectivity index (χ0) is 22.5. The first-order valence-electron chi connectivity index (χ1n) is 11.3. The molecule has 0 aliphatic carbocycles. The number of hydrogen-bond donors (Lipinski definition) is 1. The first-order valence-corrected chi connectivity index (χ1v) is 11.3. The molecule has 7 nitrogen and oxygen atoms in total. The summed E-state index contributed by atoms with van der Waals surface area (Å²) in [4.78, 5) is 34.2. The molecule has 0 radical (unpaired) electrons. The Morgan fingerprint density at radius 3 is 2.56 bits per heavy atom. The smallest absolute Gasteiger partial charge is 0.298 e. The van der Waals surface area contributed by atoms with Crippen LogP contribution in [0.3, 0.4) is 0 Å². The minimum Gasteiger partial charge on any atom is -0.423 e. The summed E-state index contributed by atoms with van der Waals surface area (Å²) in [5, 5.41) is 2.94. The lowest BCUT2D eigenvalue weighted by molar-refractivity contribution is -0.139. The van der Waals surface area contributed by atoms with Crippen LogP contribution in [0.2, 0.25) is 0 Å². The second-order valence-corrected chi connectivity index (χ2v) is 8.35. The normalized spacial score (nSPS) is 14.5. The van der Waals surface area contributed by atoms with Gasteiger partial charge in [0.25, 0.3) is 6.01 Å². The predicted octanol–water partition coefficient (Wildman–Crippen LogP) is 4.23. The van der Waals surface area contributed by atoms with Crippen LogP contribution in [0.1, 0.15) is 31.7 Å². The van der Waals surface area contributed by atoms with E-state index in [2.05, 4.69) is 15.2 Å². The summed E-state index contributed by atoms with van der Waals surface area (Å²) in [5.41, 5.74) is 3.40. The van der Waals surface area contributed by atoms with E-state index in [1.165, 1.54) is 0 Å². The molecule has 0 atom stereocenters. The van der Waals surface area contributed by atoms with E-state index in [-0.39, 0.29) is 24.3 Å². The number of anilines is 2. The topological polar surface area (TPSA) is 78.7 Å². The summed E-state index contributed by atoms with van der Waals surface area (Å²) in [7, 11) is 0. The Hall–Kier alpha value is -3.35. The van der Waals surface area contributed by atoms with Crippen molar-refractivity contribution in [1.29, 1.82) is 0 Å². The van der Waals surface area contributed by atoms with E-state index >= 15 is 0 Å². The number of amides is 2. The molecule has 3 aromatic rings. The van der Waals surface area contributed by atoms with Crippen molar-refractivity contribution in [2.45, 2.75) is 33.1 Å². The molecule has 1 aliphatic rings. The highest BCUT2D eigenvalue weighted by Gasteiger charge is 2.30. The molecular weight excluding hydrogens is 404 g/mol. The van der Waals surface area contributed by atoms with Gasteiger partial charge in [0.15, 0.2) is 5.58 Å². The Balaban J connectivity index is 1.35. The lowest BCUT2D eigenvalue weighted by atomic mass is 9.95. The van der Waals surface area contributed by atoms with Crippen LogP contribution < -0.4 is 10.2 Å². The number of oxazole rings is 1. The molecule has 1 aromatic heterocycles. The van der Waals surface area contributed by atoms with Crippen LogP contribution in [-0.2, 0) is 9.59 Å². The molecule has 1 fully saturated rings. The summed E-state index contributed by atoms with van der Waals surface area (Å²) < 4.78 is 5.87. The Kier molecular flexibility index (Phi) is 6.73. The lowest BCUT2D eigenvalue weighted by Gasteiger charge is -2.33. The average molecular weight is 435 g/mol. The quantitative estimate of drug-likeness (QED) is 0.602. The maximum atomic E-state index is 13.2. The fourth-order valence-electron chi connectivity index (χ4n) is 4.18. The molecule has 2 aromatic carbocycles. The van der Waals surface area contributed by atoms with E-state index in [0.29, 0.717) is 25.6 Å². The molecular formula is C25H30N4O3. The monoisotopic (exact) mass is 434 g/mol. The van der Waals surface area contributed by atoms with Gasteiger partial charge in [-0.2, -0.15) is 4.98 Å². The number of para-hydroxylation sites is 3. The molecule has 32 heavy (non-hydrogen) atoms. The summed E-state index contributed by atoms with van der Waals surface area (Å²) in [6.07, 6.45) is 2.25. The van der Waals surface area contributed by atoms with Gasteiger partial charge in [0, 0.05) is 31.2 Å². The molecule has 2 heterocycles. The number of nitrogens with one attached hydrogen (secondary N) is 1. The molecule has 0 unspecified atom stereocenters. The van der Waals surface area contributed by atoms with Crippen LogP contribution in [0.5, 0.6) is 0 Å². The summed E-state index contributed by atoms with van der Waals surface area (Å²) in [6, 6.07) is 16.0. The SMILES string of the molecule is CCCN(CC(=O)Nc1ccccc1C)C(=O)C1CCN(c2nc3ccccc3o2)CC1. The largest absolute Gasteiger partial charge is 0.423 e. The highest BCUT2D eigenvalue weighted by Crippen LogP contribution is 2.27. The maximum Gasteiger partial charge on any atom is 0.298 e. The van der Waals surface area contributed by atoms with Gasteiger partial charge in [0.1, 0.15) is 5.52 Å². The second kappa shape index (κ2) is 9.85. The van der Waals surface area contributed by atoms with Gasteiger partial charge in [0.2, 0.25) is 11.8 Å². The van der Waals surface area contributed by atoms with Gasteiger partial charge >= 0.3 is 0 Å². The number of carbonyl (C=O) groups is 2. The zero-order valence-corrected chi connectivity index (χ0v) is 18.7. The lowest BCUT2D eigenvalue weighted by Crippen LogP contribution is -2.45. The number of aryl methyl sites for hydroxylation is 1. The van der Waals surface area contributed by atoms with Crippen molar-refractivity contribution in [2.75, 3.05) is 36.4 Å². The van der Waals surface area contributed by atoms with Crippen molar-refractivity contribution >= 4 is 34.6 Å². The van der Waals surface area contributed by atoms with E-state index in [1.54, 1.807) is 4.90 Å². The molecule has 0 bridgehead atoms. The number of nitrogens with zero attached hydrogens (tertiary/aromatic N) is 3. The van der Waals surface area contributed by atoms with E-state index in [0.717, 1.165) is 41.6 Å². The molecule has 7 heteroatoms. The Morgan fingerprint density at radius 1 is 1.12 bits per heavy atom. The maximum absolute atomic E-state index is 13.2. The third-order valence-corrected chi connectivity index (χ3v) is 5.96. The number of aromatic nitrogens is 1. The highest BCUT2D eigenvalue weighted by atomic mass is 16.4. The molecule has 2 amide bonds. The molecule has 0 saturated carbocycles. The van der Waals surface area contributed by atoms with Crippen molar-refractivity contribution in [3.8, 4) is 0 Å². The third kappa shape index (κ3) is 4.93. The fraction of sp³-hybridized carbons (Fsp3) is 0.400. The number of hydrogen-bond acceptors (Lipinski definition) is 5. The van der Waals surface area contributed by atoms with Gasteiger partial charge in [-0.3, -0.25) is 9.59 Å². The zero-order valence-electron chi connectivity index (χ0n) is 18.7. The number of rotatable bonds is 7. The average Bonchev–Trinajstić information content (AvgIpc) is 3.24. The fourth-order valence-corrected chi connectivity index (χ4v) is 4.18. The first kappa shape index (κ1) is 21.9. The van der Waals surface area contributed by atoms with E-state index in [9.17, 15) is 9.59 Å². The van der Waals surface area contributed by atoms with Crippen molar-refractivity contribution in [3.05, 3.63) is 54.1 Å². The Labute approximate surface area is 188 Å². The predicted molar refractivity (Wildman–Crippen MR) is 126 cm³/mol. The van der Waals surface area contributed by atoms with Crippen molar-refractivity contribution in [1.82, 2.24) is 9.88 Å². The van der Waals surface area contributed by atoms with Gasteiger partial charge in [-0.05, 0) is 49.9 Å². The second-order valence-electron chi connectivity index (χ2n) is 8.35. The summed E-state index contributed by atoms with van der Waals surface area (Å²) in [6.45, 7) is 6.04. The summed E-state index contributed by atoms with van der Waals surface area (Å²) in [5.74, 6) is -0.192. The number of piperidine rings is 1. The molecule has 1 N–H and O–H groups in total. The van der Waals surface area contributed by atoms with Gasteiger partial charge in [-0.25, -0.2) is 0 Å². The van der Waals surface area contributed by atoms with Crippen LogP contribution in [0.15, 0.2) is 52.9 Å². The molecule has 1 saturated heterocycles. The molecule has 4 rings (SSSR count). The minimum absolute atomic E-state index is 0.0593. The van der Waals surface area contributed by atoms with E-state index in [4.69, 9.17) is 4.42 Å². The van der Waals surface area contributed by atoms with Crippen molar-refractivity contribution in [2.24, 2.45) is 5.92 Å². The van der Waals surface area contributed by atoms with Crippen LogP contribution in [0.25, 0.3) is 11.1 Å². The number of benzene rings is 2. The van der Waals surface area contributed by atoms with Gasteiger partial charge in [-0.15, -0.1) is 0 Å². The Morgan fingerprint density at radius 2 is 1.84 bits per heavy atom.